The van der Waals surface area contributed by atoms with Crippen molar-refractivity contribution in [3.8, 4) is 0 Å². The largest absolute Gasteiger partial charge is 0.480 e. The number of nitrogens with one attached hydrogen (secondary N) is 1. The van der Waals surface area contributed by atoms with Crippen molar-refractivity contribution in [2.45, 2.75) is 6.04 Å². The molecule has 2 N–H and O–H groups in total. The molecule has 1 aliphatic heterocycles. The zero-order valence-corrected chi connectivity index (χ0v) is 10.8. The number of carbonyl (C=O) groups excluding carboxylic acids is 1. The third-order valence-corrected chi connectivity index (χ3v) is 4.20. The molecule has 0 saturated carbocycles. The van der Waals surface area contributed by atoms with E-state index in [0.29, 0.717) is 17.3 Å². The van der Waals surface area contributed by atoms with Crippen LogP contribution in [-0.4, -0.2) is 44.5 Å². The van der Waals surface area contributed by atoms with Gasteiger partial charge in [-0.3, -0.25) is 4.79 Å². The summed E-state index contributed by atoms with van der Waals surface area (Å²) in [6.45, 7) is 0. The van der Waals surface area contributed by atoms with Crippen molar-refractivity contribution in [3.63, 3.8) is 0 Å². The van der Waals surface area contributed by atoms with Gasteiger partial charge in [-0.25, -0.2) is 4.79 Å². The van der Waals surface area contributed by atoms with E-state index in [9.17, 15) is 9.59 Å². The predicted octanol–water partition coefficient (Wildman–Crippen LogP) is 1.77. The number of fused-ring (bicyclic) bond motifs is 1. The summed E-state index contributed by atoms with van der Waals surface area (Å²) in [4.78, 5) is 27.9. The molecular weight excluding hydrogens is 264 g/mol. The van der Waals surface area contributed by atoms with Gasteiger partial charge in [0.25, 0.3) is 5.91 Å². The van der Waals surface area contributed by atoms with Gasteiger partial charge >= 0.3 is 5.97 Å². The molecule has 0 bridgehead atoms. The van der Waals surface area contributed by atoms with Gasteiger partial charge in [-0.2, -0.15) is 0 Å². The van der Waals surface area contributed by atoms with Crippen molar-refractivity contribution in [1.29, 1.82) is 0 Å². The van der Waals surface area contributed by atoms with E-state index < -0.39 is 12.0 Å². The molecule has 5 nitrogen and oxygen atoms in total. The Balaban J connectivity index is 1.93. The molecule has 1 atom stereocenters. The van der Waals surface area contributed by atoms with E-state index in [1.165, 1.54) is 16.7 Å². The van der Waals surface area contributed by atoms with Crippen LogP contribution in [0.15, 0.2) is 30.3 Å². The number of aliphatic carboxylic acids is 1. The summed E-state index contributed by atoms with van der Waals surface area (Å²) in [5.41, 5.74) is 1.32. The number of hydrogen-bond donors (Lipinski definition) is 2. The lowest BCUT2D eigenvalue weighted by molar-refractivity contribution is -0.140. The predicted molar refractivity (Wildman–Crippen MR) is 73.2 cm³/mol. The number of amides is 1. The van der Waals surface area contributed by atoms with Crippen LogP contribution in [0.3, 0.4) is 0 Å². The number of thioether (sulfide) groups is 1. The molecule has 1 aliphatic rings. The molecule has 1 aromatic carbocycles. The quantitative estimate of drug-likeness (QED) is 0.876. The molecule has 0 unspecified atom stereocenters. The van der Waals surface area contributed by atoms with Crippen molar-refractivity contribution in [1.82, 2.24) is 9.88 Å². The fourth-order valence-electron chi connectivity index (χ4n) is 2.19. The van der Waals surface area contributed by atoms with E-state index in [1.807, 2.05) is 24.3 Å². The van der Waals surface area contributed by atoms with Crippen molar-refractivity contribution in [2.75, 3.05) is 11.6 Å². The maximum atomic E-state index is 12.3. The lowest BCUT2D eigenvalue weighted by Crippen LogP contribution is -2.41. The summed E-state index contributed by atoms with van der Waals surface area (Å²) >= 11 is 1.46. The number of carbonyl (C=O) groups is 2. The Morgan fingerprint density at radius 1 is 1.37 bits per heavy atom. The summed E-state index contributed by atoms with van der Waals surface area (Å²) in [6, 6.07) is 8.62. The Hall–Kier alpha value is -1.95. The van der Waals surface area contributed by atoms with Crippen LogP contribution in [0, 0.1) is 0 Å². The smallest absolute Gasteiger partial charge is 0.327 e. The second kappa shape index (κ2) is 4.62. The second-order valence-corrected chi connectivity index (χ2v) is 5.40. The number of aromatic amines is 1. The van der Waals surface area contributed by atoms with Crippen LogP contribution in [-0.2, 0) is 4.79 Å². The molecule has 1 aromatic heterocycles. The normalized spacial score (nSPS) is 18.9. The number of benzene rings is 1. The van der Waals surface area contributed by atoms with Crippen molar-refractivity contribution in [2.24, 2.45) is 0 Å². The number of nitrogens with zero attached hydrogens (tertiary/aromatic N) is 1. The van der Waals surface area contributed by atoms with Crippen LogP contribution in [0.25, 0.3) is 10.9 Å². The average molecular weight is 276 g/mol. The van der Waals surface area contributed by atoms with E-state index in [4.69, 9.17) is 5.11 Å². The van der Waals surface area contributed by atoms with Gasteiger partial charge in [0, 0.05) is 16.7 Å². The maximum Gasteiger partial charge on any atom is 0.327 e. The molecule has 1 amide bonds. The molecule has 2 heterocycles. The highest BCUT2D eigenvalue weighted by Gasteiger charge is 2.35. The first-order valence-electron chi connectivity index (χ1n) is 5.86. The van der Waals surface area contributed by atoms with Gasteiger partial charge in [0.15, 0.2) is 0 Å². The SMILES string of the molecule is O=C(O)[C@@H]1CSCN1C(=O)c1cc2ccccc2[nH]1. The van der Waals surface area contributed by atoms with Gasteiger partial charge in [-0.1, -0.05) is 18.2 Å². The summed E-state index contributed by atoms with van der Waals surface area (Å²) in [6.07, 6.45) is 0. The Morgan fingerprint density at radius 2 is 2.16 bits per heavy atom. The minimum absolute atomic E-state index is 0.256. The van der Waals surface area contributed by atoms with Gasteiger partial charge in [0.1, 0.15) is 11.7 Å². The molecule has 0 aliphatic carbocycles. The summed E-state index contributed by atoms with van der Waals surface area (Å²) in [5, 5.41) is 10.1. The third-order valence-electron chi connectivity index (χ3n) is 3.19. The summed E-state index contributed by atoms with van der Waals surface area (Å²) < 4.78 is 0. The number of hydrogen-bond acceptors (Lipinski definition) is 3. The number of H-pyrrole nitrogens is 1. The van der Waals surface area contributed by atoms with Crippen LogP contribution >= 0.6 is 11.8 Å². The first-order chi connectivity index (χ1) is 9.16. The molecule has 19 heavy (non-hydrogen) atoms. The third kappa shape index (κ3) is 2.08. The van der Waals surface area contributed by atoms with Gasteiger partial charge in [0.05, 0.1) is 5.88 Å². The van der Waals surface area contributed by atoms with Crippen LogP contribution in [0.5, 0.6) is 0 Å². The van der Waals surface area contributed by atoms with Crippen molar-refractivity contribution >= 4 is 34.5 Å². The molecular formula is C13H12N2O3S. The van der Waals surface area contributed by atoms with Crippen LogP contribution in [0.2, 0.25) is 0 Å². The summed E-state index contributed by atoms with van der Waals surface area (Å²) in [5.74, 6) is -0.338. The van der Waals surface area contributed by atoms with Crippen molar-refractivity contribution < 1.29 is 14.7 Å². The minimum Gasteiger partial charge on any atom is -0.480 e. The lowest BCUT2D eigenvalue weighted by atomic mass is 10.2. The summed E-state index contributed by atoms with van der Waals surface area (Å²) in [7, 11) is 0. The number of carboxylic acid groups (broad SMARTS) is 1. The zero-order valence-electron chi connectivity index (χ0n) is 10.00. The second-order valence-electron chi connectivity index (χ2n) is 4.40. The fourth-order valence-corrected chi connectivity index (χ4v) is 3.34. The maximum absolute atomic E-state index is 12.3. The Kier molecular flexibility index (Phi) is 2.94. The fraction of sp³-hybridized carbons (Fsp3) is 0.231. The molecule has 2 aromatic rings. The Morgan fingerprint density at radius 3 is 2.89 bits per heavy atom. The average Bonchev–Trinajstić information content (AvgIpc) is 3.04. The molecule has 1 fully saturated rings. The van der Waals surface area contributed by atoms with Gasteiger partial charge in [-0.15, -0.1) is 11.8 Å². The van der Waals surface area contributed by atoms with Crippen LogP contribution in [0.4, 0.5) is 0 Å². The minimum atomic E-state index is -0.950. The number of para-hydroxylation sites is 1. The van der Waals surface area contributed by atoms with Gasteiger partial charge < -0.3 is 15.0 Å². The van der Waals surface area contributed by atoms with E-state index >= 15 is 0 Å². The number of rotatable bonds is 2. The molecule has 1 saturated heterocycles. The standard InChI is InChI=1S/C13H12N2O3S/c16-12(15-7-19-6-11(15)13(17)18)10-5-8-3-1-2-4-9(8)14-10/h1-5,11,14H,6-7H2,(H,17,18)/t11-/m0/s1. The zero-order chi connectivity index (χ0) is 13.4. The Bertz CT molecular complexity index is 619. The van der Waals surface area contributed by atoms with Crippen LogP contribution < -0.4 is 0 Å². The van der Waals surface area contributed by atoms with Gasteiger partial charge in [0.2, 0.25) is 0 Å². The van der Waals surface area contributed by atoms with E-state index in [1.54, 1.807) is 6.07 Å². The molecule has 0 radical (unpaired) electrons. The highest BCUT2D eigenvalue weighted by atomic mass is 32.2. The van der Waals surface area contributed by atoms with E-state index in [0.717, 1.165) is 10.9 Å². The molecule has 98 valence electrons. The number of carboxylic acids is 1. The molecule has 6 heteroatoms. The highest BCUT2D eigenvalue weighted by molar-refractivity contribution is 7.99. The van der Waals surface area contributed by atoms with E-state index in [2.05, 4.69) is 4.98 Å². The first kappa shape index (κ1) is 12.1. The molecule has 3 rings (SSSR count). The number of aromatic nitrogens is 1. The Labute approximate surface area is 113 Å². The topological polar surface area (TPSA) is 73.4 Å². The van der Waals surface area contributed by atoms with Gasteiger partial charge in [-0.05, 0) is 12.1 Å². The monoisotopic (exact) mass is 276 g/mol. The van der Waals surface area contributed by atoms with E-state index in [-0.39, 0.29) is 5.91 Å². The highest BCUT2D eigenvalue weighted by Crippen LogP contribution is 2.24. The first-order valence-corrected chi connectivity index (χ1v) is 7.01. The molecule has 0 spiro atoms. The van der Waals surface area contributed by atoms with Crippen molar-refractivity contribution in [3.05, 3.63) is 36.0 Å². The van der Waals surface area contributed by atoms with Crippen LogP contribution in [0.1, 0.15) is 10.5 Å². The lowest BCUT2D eigenvalue weighted by Gasteiger charge is -2.19.